The summed E-state index contributed by atoms with van der Waals surface area (Å²) in [7, 11) is 0. The number of hydrogen-bond acceptors (Lipinski definition) is 0. The van der Waals surface area contributed by atoms with Crippen LogP contribution in [0.4, 0.5) is 0 Å². The molecule has 0 nitrogen and oxygen atoms in total. The zero-order chi connectivity index (χ0) is 0. The summed E-state index contributed by atoms with van der Waals surface area (Å²) in [5.74, 6) is 0. The van der Waals surface area contributed by atoms with Gasteiger partial charge in [-0.1, -0.05) is 0 Å². The summed E-state index contributed by atoms with van der Waals surface area (Å²) < 4.78 is 0. The average Bonchev–Trinajstić information content (AvgIpc) is 0. The predicted octanol–water partition coefficient (Wildman–Crippen LogP) is -12.5. The van der Waals surface area contributed by atoms with Crippen LogP contribution in [0.2, 0.25) is 0 Å². The molecule has 0 fully saturated rings. The summed E-state index contributed by atoms with van der Waals surface area (Å²) >= 11 is 0. The third kappa shape index (κ3) is 8.95. The second-order valence-electron chi connectivity index (χ2n) is 0. The summed E-state index contributed by atoms with van der Waals surface area (Å²) in [6.45, 7) is 0. The Morgan fingerprint density at radius 2 is 0.750 bits per heavy atom. The van der Waals surface area contributed by atoms with Crippen molar-refractivity contribution in [2.24, 2.45) is 0 Å². The molecule has 0 aromatic carbocycles. The topological polar surface area (TPSA) is 0 Å². The molecule has 0 saturated heterocycles. The number of hydrogen-bond donors (Lipinski definition) is 0. The van der Waals surface area contributed by atoms with E-state index in [-0.39, 0.29) is 101 Å². The molecule has 0 amide bonds. The first-order chi connectivity index (χ1) is 0. The van der Waals surface area contributed by atoms with Gasteiger partial charge in [-0.15, -0.1) is 0 Å². The average molecular weight is 406 g/mol. The van der Waals surface area contributed by atoms with Crippen LogP contribution in [0, 0.1) is 0 Å². The molecule has 0 radical (unpaired) electrons. The normalized spacial score (nSPS) is 0. The summed E-state index contributed by atoms with van der Waals surface area (Å²) in [5.41, 5.74) is 0. The molecule has 0 rings (SSSR count). The predicted molar refractivity (Wildman–Crippen MR) is 2.79 cm³/mol. The van der Waals surface area contributed by atoms with E-state index in [4.69, 9.17) is 0 Å². The van der Waals surface area contributed by atoms with Crippen molar-refractivity contribution in [1.29, 1.82) is 0 Å². The van der Waals surface area contributed by atoms with Crippen molar-refractivity contribution in [1.82, 2.24) is 0 Å². The van der Waals surface area contributed by atoms with E-state index in [1.165, 1.54) is 0 Å². The van der Waals surface area contributed by atoms with Gasteiger partial charge in [-0.25, -0.2) is 0 Å². The third-order valence-electron chi connectivity index (χ3n) is 0. The van der Waals surface area contributed by atoms with Crippen LogP contribution in [0.1, 0.15) is 0 Å². The zero-order valence-electron chi connectivity index (χ0n) is 2.20. The van der Waals surface area contributed by atoms with Gasteiger partial charge >= 0.3 is 29.6 Å². The molecule has 0 N–H and O–H groups in total. The van der Waals surface area contributed by atoms with Gasteiger partial charge in [0.25, 0.3) is 0 Å². The van der Waals surface area contributed by atoms with Crippen molar-refractivity contribution in [3.8, 4) is 0 Å². The molecule has 0 spiro atoms. The fourth-order valence-corrected chi connectivity index (χ4v) is 0. The maximum Gasteiger partial charge on any atom is 1.00 e. The van der Waals surface area contributed by atoms with Crippen molar-refractivity contribution >= 4 is 0 Å². The molecular formula is H2I3Na. The van der Waals surface area contributed by atoms with Crippen LogP contribution in [0.3, 0.4) is 0 Å². The first-order valence-corrected chi connectivity index (χ1v) is 0. The molecular weight excluding hydrogens is 404 g/mol. The number of halogens is 3. The van der Waals surface area contributed by atoms with Crippen LogP contribution in [0.5, 0.6) is 0 Å². The molecule has 0 aliphatic rings. The van der Waals surface area contributed by atoms with E-state index >= 15 is 0 Å². The Bertz CT molecular complexity index is 3.25. The fourth-order valence-electron chi connectivity index (χ4n) is 0. The Labute approximate surface area is 99.2 Å². The molecule has 24 valence electrons. The second-order valence-corrected chi connectivity index (χ2v) is 0. The van der Waals surface area contributed by atoms with Crippen molar-refractivity contribution in [3.05, 3.63) is 0 Å². The van der Waals surface area contributed by atoms with E-state index in [2.05, 4.69) is 0 Å². The molecule has 4 heteroatoms. The maximum atomic E-state index is 0. The largest absolute Gasteiger partial charge is 1.00 e. The second kappa shape index (κ2) is 16.4. The molecule has 0 aliphatic carbocycles. The standard InChI is InChI=1S/H2I.2HI.Na/h1H2;2*1H;/q+1;;;+1/p-2. The quantitative estimate of drug-likeness (QED) is 0.277. The monoisotopic (exact) mass is 406 g/mol. The molecule has 4 heavy (non-hydrogen) atoms. The molecule has 0 heterocycles. The smallest absolute Gasteiger partial charge is 1.00 e. The Hall–Kier alpha value is 3.19. The molecule has 0 atom stereocenters. The first-order valence-electron chi connectivity index (χ1n) is 0. The molecule has 0 aromatic rings. The van der Waals surface area contributed by atoms with Gasteiger partial charge in [0, 0.05) is 0 Å². The van der Waals surface area contributed by atoms with Crippen LogP contribution >= 0.6 is 0 Å². The molecule has 0 saturated carbocycles. The van der Waals surface area contributed by atoms with Crippen LogP contribution in [0.15, 0.2) is 0 Å². The van der Waals surface area contributed by atoms with Crippen molar-refractivity contribution < 1.29 is 101 Å². The maximum absolute atomic E-state index is 0. The van der Waals surface area contributed by atoms with E-state index in [0.29, 0.717) is 0 Å². The molecule has 0 unspecified atom stereocenters. The molecule has 0 aromatic heterocycles. The van der Waals surface area contributed by atoms with Crippen LogP contribution in [-0.2, 0) is 0 Å². The van der Waals surface area contributed by atoms with Crippen molar-refractivity contribution in [2.45, 2.75) is 0 Å². The van der Waals surface area contributed by atoms with Gasteiger partial charge in [-0.05, 0) is 0 Å². The van der Waals surface area contributed by atoms with Gasteiger partial charge in [0.1, 0.15) is 0 Å². The Morgan fingerprint density at radius 1 is 0.750 bits per heavy atom. The minimum absolute atomic E-state index is 0. The van der Waals surface area contributed by atoms with Gasteiger partial charge < -0.3 is 48.0 Å². The third-order valence-corrected chi connectivity index (χ3v) is 0. The SMILES string of the molecule is [I-].[I-].[IH2+].[Na+]. The van der Waals surface area contributed by atoms with E-state index in [9.17, 15) is 0 Å². The Morgan fingerprint density at radius 3 is 0.750 bits per heavy atom. The van der Waals surface area contributed by atoms with Gasteiger partial charge in [0.05, 0.1) is 0 Å². The number of rotatable bonds is 0. The van der Waals surface area contributed by atoms with E-state index in [1.807, 2.05) is 0 Å². The van der Waals surface area contributed by atoms with E-state index < -0.39 is 0 Å². The van der Waals surface area contributed by atoms with Gasteiger partial charge in [0.15, 0.2) is 0 Å². The van der Waals surface area contributed by atoms with Crippen LogP contribution in [-0.4, -0.2) is 0 Å². The summed E-state index contributed by atoms with van der Waals surface area (Å²) in [5, 5.41) is 0. The van der Waals surface area contributed by atoms with Gasteiger partial charge in [-0.2, -0.15) is 0 Å². The zero-order valence-corrected chi connectivity index (χ0v) is 11.1. The first kappa shape index (κ1) is 27.1. The molecule has 0 aliphatic heterocycles. The Balaban J connectivity index is 0. The van der Waals surface area contributed by atoms with Crippen LogP contribution < -0.4 is 101 Å². The molecule has 0 bridgehead atoms. The van der Waals surface area contributed by atoms with Crippen LogP contribution in [0.25, 0.3) is 0 Å². The van der Waals surface area contributed by atoms with Gasteiger partial charge in [-0.3, -0.25) is 0 Å². The Kier molecular flexibility index (Phi) is 111. The van der Waals surface area contributed by atoms with Crippen molar-refractivity contribution in [2.75, 3.05) is 0 Å². The fraction of sp³-hybridized carbons (Fsp3) is 0. The summed E-state index contributed by atoms with van der Waals surface area (Å²) in [4.78, 5) is 0. The summed E-state index contributed by atoms with van der Waals surface area (Å²) in [6, 6.07) is 0. The summed E-state index contributed by atoms with van der Waals surface area (Å²) in [6.07, 6.45) is 0. The van der Waals surface area contributed by atoms with Gasteiger partial charge in [0.2, 0.25) is 24.0 Å². The minimum Gasteiger partial charge on any atom is -1.00 e. The van der Waals surface area contributed by atoms with E-state index in [0.717, 1.165) is 0 Å². The van der Waals surface area contributed by atoms with E-state index in [1.54, 1.807) is 0 Å². The minimum atomic E-state index is 0. The van der Waals surface area contributed by atoms with Crippen molar-refractivity contribution in [3.63, 3.8) is 0 Å².